The van der Waals surface area contributed by atoms with E-state index in [9.17, 15) is 18.8 Å². The van der Waals surface area contributed by atoms with Crippen molar-refractivity contribution in [1.82, 2.24) is 15.1 Å². The van der Waals surface area contributed by atoms with E-state index in [1.54, 1.807) is 48.4 Å². The number of hydrogen-bond acceptors (Lipinski definition) is 4. The van der Waals surface area contributed by atoms with Gasteiger partial charge in [-0.15, -0.1) is 0 Å². The molecule has 0 saturated heterocycles. The fourth-order valence-electron chi connectivity index (χ4n) is 4.15. The maximum Gasteiger partial charge on any atom is 0.250 e. The van der Waals surface area contributed by atoms with Crippen molar-refractivity contribution in [1.29, 1.82) is 0 Å². The Hall–Kier alpha value is -4.07. The largest absolute Gasteiger partial charge is 0.350 e. The number of carbonyl (C=O) groups is 3. The predicted octanol–water partition coefficient (Wildman–Crippen LogP) is 3.25. The third kappa shape index (κ3) is 5.54. The summed E-state index contributed by atoms with van der Waals surface area (Å²) in [6.07, 6.45) is 6.75. The summed E-state index contributed by atoms with van der Waals surface area (Å²) >= 11 is 0. The van der Waals surface area contributed by atoms with Crippen LogP contribution in [0, 0.1) is 12.7 Å². The maximum absolute atomic E-state index is 13.9. The standard InChI is InChI=1S/C27H27FN4O3/c1-19-6-8-20(9-7-19)16-29-25(34)18-31(17-21-10-12-22(28)13-11-21)26(35)27(2)15-24(33)30-23-5-3-4-14-32(23)27/h3-14H,15-18H2,1-2H3,(H,29,34). The van der Waals surface area contributed by atoms with Gasteiger partial charge in [0.15, 0.2) is 0 Å². The fraction of sp³-hybridized carbons (Fsp3) is 0.259. The molecule has 1 atom stereocenters. The molecule has 0 saturated carbocycles. The van der Waals surface area contributed by atoms with E-state index in [0.29, 0.717) is 17.9 Å². The van der Waals surface area contributed by atoms with Crippen LogP contribution in [0.3, 0.4) is 0 Å². The second-order valence-electron chi connectivity index (χ2n) is 8.94. The average Bonchev–Trinajstić information content (AvgIpc) is 2.84. The summed E-state index contributed by atoms with van der Waals surface area (Å²) in [4.78, 5) is 46.3. The number of fused-ring (bicyclic) bond motifs is 1. The SMILES string of the molecule is Cc1ccc(CNC(=O)CN(Cc2ccc(F)cc2)C(=O)C2(C)CC(=O)N=C3C=CC=CN32)cc1. The molecule has 2 aliphatic rings. The Balaban J connectivity index is 1.56. The Kier molecular flexibility index (Phi) is 6.91. The molecule has 0 radical (unpaired) electrons. The van der Waals surface area contributed by atoms with Crippen molar-refractivity contribution in [2.75, 3.05) is 6.54 Å². The van der Waals surface area contributed by atoms with Gasteiger partial charge in [0, 0.05) is 19.3 Å². The summed E-state index contributed by atoms with van der Waals surface area (Å²) in [5.41, 5.74) is 1.47. The highest BCUT2D eigenvalue weighted by molar-refractivity contribution is 6.09. The van der Waals surface area contributed by atoms with E-state index in [4.69, 9.17) is 0 Å². The minimum absolute atomic E-state index is 0.0840. The number of amides is 3. The summed E-state index contributed by atoms with van der Waals surface area (Å²) in [7, 11) is 0. The van der Waals surface area contributed by atoms with Crippen LogP contribution in [0.2, 0.25) is 0 Å². The molecule has 8 heteroatoms. The summed E-state index contributed by atoms with van der Waals surface area (Å²) in [5, 5.41) is 2.86. The summed E-state index contributed by atoms with van der Waals surface area (Å²) in [6, 6.07) is 13.6. The van der Waals surface area contributed by atoms with Gasteiger partial charge in [0.05, 0.1) is 13.0 Å². The van der Waals surface area contributed by atoms with E-state index >= 15 is 0 Å². The number of carbonyl (C=O) groups excluding carboxylic acids is 3. The molecule has 0 spiro atoms. The van der Waals surface area contributed by atoms with Gasteiger partial charge < -0.3 is 15.1 Å². The highest BCUT2D eigenvalue weighted by Gasteiger charge is 2.47. The number of aryl methyl sites for hydroxylation is 1. The molecule has 0 fully saturated rings. The van der Waals surface area contributed by atoms with E-state index in [-0.39, 0.29) is 25.4 Å². The van der Waals surface area contributed by atoms with Gasteiger partial charge in [-0.1, -0.05) is 48.0 Å². The average molecular weight is 475 g/mol. The van der Waals surface area contributed by atoms with Gasteiger partial charge in [-0.05, 0) is 49.3 Å². The normalized spacial score (nSPS) is 18.7. The smallest absolute Gasteiger partial charge is 0.250 e. The van der Waals surface area contributed by atoms with Crippen molar-refractivity contribution in [3.8, 4) is 0 Å². The number of halogens is 1. The van der Waals surface area contributed by atoms with Gasteiger partial charge in [-0.2, -0.15) is 4.99 Å². The number of nitrogens with zero attached hydrogens (tertiary/aromatic N) is 3. The number of hydrogen-bond donors (Lipinski definition) is 1. The van der Waals surface area contributed by atoms with Gasteiger partial charge >= 0.3 is 0 Å². The van der Waals surface area contributed by atoms with Crippen molar-refractivity contribution < 1.29 is 18.8 Å². The number of amidine groups is 1. The first-order chi connectivity index (χ1) is 16.7. The Morgan fingerprint density at radius 1 is 1.09 bits per heavy atom. The Morgan fingerprint density at radius 2 is 1.77 bits per heavy atom. The predicted molar refractivity (Wildman–Crippen MR) is 130 cm³/mol. The summed E-state index contributed by atoms with van der Waals surface area (Å²) < 4.78 is 13.4. The zero-order chi connectivity index (χ0) is 25.0. The Labute approximate surface area is 203 Å². The zero-order valence-electron chi connectivity index (χ0n) is 19.7. The minimum atomic E-state index is -1.26. The van der Waals surface area contributed by atoms with Crippen molar-refractivity contribution in [2.45, 2.75) is 38.9 Å². The number of nitrogens with one attached hydrogen (secondary N) is 1. The molecule has 1 N–H and O–H groups in total. The second kappa shape index (κ2) is 10.0. The van der Waals surface area contributed by atoms with Crippen molar-refractivity contribution in [3.05, 3.63) is 95.5 Å². The van der Waals surface area contributed by atoms with E-state index < -0.39 is 23.2 Å². The van der Waals surface area contributed by atoms with Crippen LogP contribution >= 0.6 is 0 Å². The lowest BCUT2D eigenvalue weighted by atomic mass is 9.90. The molecular weight excluding hydrogens is 447 g/mol. The lowest BCUT2D eigenvalue weighted by Crippen LogP contribution is -2.61. The lowest BCUT2D eigenvalue weighted by Gasteiger charge is -2.44. The molecule has 180 valence electrons. The van der Waals surface area contributed by atoms with E-state index in [1.807, 2.05) is 31.2 Å². The quantitative estimate of drug-likeness (QED) is 0.668. The molecule has 1 unspecified atom stereocenters. The number of aliphatic imine (C=N–C) groups is 1. The van der Waals surface area contributed by atoms with E-state index in [1.165, 1.54) is 17.0 Å². The van der Waals surface area contributed by atoms with Crippen molar-refractivity contribution in [2.24, 2.45) is 4.99 Å². The first kappa shape index (κ1) is 24.1. The molecule has 2 heterocycles. The molecule has 2 aromatic rings. The van der Waals surface area contributed by atoms with Crippen LogP contribution in [0.15, 0.2) is 78.0 Å². The lowest BCUT2D eigenvalue weighted by molar-refractivity contribution is -0.146. The van der Waals surface area contributed by atoms with Crippen LogP contribution in [0.4, 0.5) is 4.39 Å². The van der Waals surface area contributed by atoms with Crippen molar-refractivity contribution in [3.63, 3.8) is 0 Å². The third-order valence-corrected chi connectivity index (χ3v) is 6.08. The van der Waals surface area contributed by atoms with E-state index in [2.05, 4.69) is 10.3 Å². The molecule has 4 rings (SSSR count). The Bertz CT molecular complexity index is 1220. The van der Waals surface area contributed by atoms with Crippen LogP contribution in [-0.2, 0) is 27.5 Å². The highest BCUT2D eigenvalue weighted by atomic mass is 19.1. The molecule has 35 heavy (non-hydrogen) atoms. The summed E-state index contributed by atoms with van der Waals surface area (Å²) in [5.74, 6) is -1.15. The second-order valence-corrected chi connectivity index (χ2v) is 8.94. The number of rotatable bonds is 7. The number of allylic oxidation sites excluding steroid dienone is 2. The summed E-state index contributed by atoms with van der Waals surface area (Å²) in [6.45, 7) is 3.85. The monoisotopic (exact) mass is 474 g/mol. The van der Waals surface area contributed by atoms with Crippen LogP contribution in [0.1, 0.15) is 30.0 Å². The molecular formula is C27H27FN4O3. The van der Waals surface area contributed by atoms with Crippen LogP contribution in [0.25, 0.3) is 0 Å². The highest BCUT2D eigenvalue weighted by Crippen LogP contribution is 2.30. The van der Waals surface area contributed by atoms with Crippen LogP contribution in [-0.4, -0.2) is 45.4 Å². The molecule has 3 amide bonds. The van der Waals surface area contributed by atoms with Crippen LogP contribution in [0.5, 0.6) is 0 Å². The molecule has 0 aliphatic carbocycles. The van der Waals surface area contributed by atoms with Crippen LogP contribution < -0.4 is 5.32 Å². The van der Waals surface area contributed by atoms with Gasteiger partial charge in [-0.25, -0.2) is 4.39 Å². The van der Waals surface area contributed by atoms with E-state index in [0.717, 1.165) is 11.1 Å². The van der Waals surface area contributed by atoms with Gasteiger partial charge in [-0.3, -0.25) is 14.4 Å². The molecule has 2 aliphatic heterocycles. The minimum Gasteiger partial charge on any atom is -0.350 e. The molecule has 7 nitrogen and oxygen atoms in total. The molecule has 0 bridgehead atoms. The maximum atomic E-state index is 13.9. The van der Waals surface area contributed by atoms with Gasteiger partial charge in [0.2, 0.25) is 11.8 Å². The van der Waals surface area contributed by atoms with Gasteiger partial charge in [0.25, 0.3) is 5.91 Å². The Morgan fingerprint density at radius 3 is 2.49 bits per heavy atom. The third-order valence-electron chi connectivity index (χ3n) is 6.08. The first-order valence-electron chi connectivity index (χ1n) is 11.4. The van der Waals surface area contributed by atoms with Crippen molar-refractivity contribution >= 4 is 23.6 Å². The topological polar surface area (TPSA) is 82.1 Å². The zero-order valence-corrected chi connectivity index (χ0v) is 19.7. The fourth-order valence-corrected chi connectivity index (χ4v) is 4.15. The van der Waals surface area contributed by atoms with Gasteiger partial charge in [0.1, 0.15) is 17.2 Å². The number of benzene rings is 2. The first-order valence-corrected chi connectivity index (χ1v) is 11.4. The molecule has 2 aromatic carbocycles. The molecule has 0 aromatic heterocycles.